The summed E-state index contributed by atoms with van der Waals surface area (Å²) in [5.74, 6) is 0. The minimum absolute atomic E-state index is 1.15. The molecule has 5 aromatic heterocycles. The van der Waals surface area contributed by atoms with Crippen molar-refractivity contribution in [1.82, 2.24) is 13.7 Å². The lowest BCUT2D eigenvalue weighted by Crippen LogP contribution is -1.95. The molecule has 0 aliphatic heterocycles. The normalized spacial score (nSPS) is 12.5. The SMILES string of the molecule is c1cc(-c2ccc3c(c2)c2ccccc2c2cc4c5cc6c7ccccc7c7ccccc7c6cc5n(-c5ccc6sc7ccc(-n8c9ccccc9c9ccccc98)cc7c6c5)c4cc32)c2sc3c(-n4c5ccccc5c5ccccc54)cccc3c2c1. The van der Waals surface area contributed by atoms with Gasteiger partial charge in [0.15, 0.2) is 0 Å². The quantitative estimate of drug-likeness (QED) is 0.156. The van der Waals surface area contributed by atoms with Crippen molar-refractivity contribution >= 4 is 193 Å². The van der Waals surface area contributed by atoms with Gasteiger partial charge >= 0.3 is 0 Å². The lowest BCUT2D eigenvalue weighted by atomic mass is 9.90. The first-order valence-electron chi connectivity index (χ1n) is 30.6. The van der Waals surface area contributed by atoms with Crippen LogP contribution in [0.25, 0.3) is 199 Å². The Hall–Kier alpha value is -11.1. The maximum absolute atomic E-state index is 2.58. The standard InChI is InChI=1S/C84H47N3S2/c1-3-19-54-52(17-1)53-18-2-4-20-55(53)68-46-79-70(44-66(54)68)71-45-67-57-22-6-5-21-56(57)65-41-48(51-27-15-28-63-64-29-16-34-78(84(64)89-83(51)63)87-76-32-13-9-25-61(76)62-26-10-14-33-77(62)87)35-38-58(65)69(67)47-80(71)86(79)50-37-40-82-73(43-50)72-42-49(36-39-81(72)88-82)85-74-30-11-7-23-59(74)60-24-8-12-31-75(60)85/h1-47H. The molecule has 5 heterocycles. The number of fused-ring (bicyclic) bond motifs is 27. The van der Waals surface area contributed by atoms with Crippen LogP contribution in [0.2, 0.25) is 0 Å². The molecule has 0 aliphatic carbocycles. The van der Waals surface area contributed by atoms with Crippen LogP contribution in [0.1, 0.15) is 0 Å². The van der Waals surface area contributed by atoms with Gasteiger partial charge in [0.1, 0.15) is 0 Å². The van der Waals surface area contributed by atoms with Gasteiger partial charge in [-0.2, -0.15) is 0 Å². The van der Waals surface area contributed by atoms with E-state index in [1.807, 2.05) is 22.7 Å². The predicted molar refractivity (Wildman–Crippen MR) is 386 cm³/mol. The highest BCUT2D eigenvalue weighted by molar-refractivity contribution is 7.27. The van der Waals surface area contributed by atoms with Gasteiger partial charge in [-0.25, -0.2) is 0 Å². The Labute approximate surface area is 516 Å². The van der Waals surface area contributed by atoms with E-state index < -0.39 is 0 Å². The summed E-state index contributed by atoms with van der Waals surface area (Å²) in [5, 5.41) is 27.8. The Morgan fingerprint density at radius 1 is 0.191 bits per heavy atom. The zero-order valence-corrected chi connectivity index (χ0v) is 49.4. The van der Waals surface area contributed by atoms with E-state index in [-0.39, 0.29) is 0 Å². The summed E-state index contributed by atoms with van der Waals surface area (Å²) in [7, 11) is 0. The number of thiophene rings is 2. The lowest BCUT2D eigenvalue weighted by Gasteiger charge is -2.14. The molecule has 0 saturated carbocycles. The minimum Gasteiger partial charge on any atom is -0.309 e. The van der Waals surface area contributed by atoms with Crippen molar-refractivity contribution < 1.29 is 0 Å². The average Bonchev–Trinajstić information content (AvgIpc) is 1.77. The van der Waals surface area contributed by atoms with E-state index in [1.165, 1.54) is 193 Å². The molecule has 0 unspecified atom stereocenters. The van der Waals surface area contributed by atoms with Gasteiger partial charge in [0.25, 0.3) is 0 Å². The first-order chi connectivity index (χ1) is 44.1. The highest BCUT2D eigenvalue weighted by Gasteiger charge is 2.23. The fraction of sp³-hybridized carbons (Fsp3) is 0. The summed E-state index contributed by atoms with van der Waals surface area (Å²) in [4.78, 5) is 0. The first kappa shape index (κ1) is 48.1. The van der Waals surface area contributed by atoms with Crippen LogP contribution < -0.4 is 0 Å². The van der Waals surface area contributed by atoms with Crippen LogP contribution in [0.15, 0.2) is 285 Å². The van der Waals surface area contributed by atoms with Crippen molar-refractivity contribution in [2.75, 3.05) is 0 Å². The Bertz CT molecular complexity index is 6630. The third kappa shape index (κ3) is 6.54. The molecule has 410 valence electrons. The molecule has 0 saturated heterocycles. The average molecular weight is 1160 g/mol. The number of aromatic nitrogens is 3. The summed E-state index contributed by atoms with van der Waals surface area (Å²) in [5.41, 5.74) is 13.3. The zero-order valence-electron chi connectivity index (χ0n) is 47.8. The molecule has 0 spiro atoms. The highest BCUT2D eigenvalue weighted by Crippen LogP contribution is 2.49. The van der Waals surface area contributed by atoms with Crippen molar-refractivity contribution in [1.29, 1.82) is 0 Å². The smallest absolute Gasteiger partial charge is 0.0640 e. The van der Waals surface area contributed by atoms with Crippen LogP contribution in [0.3, 0.4) is 0 Å². The van der Waals surface area contributed by atoms with Gasteiger partial charge in [0, 0.05) is 79.3 Å². The summed E-state index contributed by atoms with van der Waals surface area (Å²) in [6.07, 6.45) is 0. The van der Waals surface area contributed by atoms with E-state index >= 15 is 0 Å². The Morgan fingerprint density at radius 2 is 0.562 bits per heavy atom. The van der Waals surface area contributed by atoms with Crippen LogP contribution in [0.4, 0.5) is 0 Å². The van der Waals surface area contributed by atoms with E-state index in [2.05, 4.69) is 299 Å². The second-order valence-corrected chi connectivity index (χ2v) is 26.3. The molecule has 0 aliphatic rings. The Balaban J connectivity index is 0.814. The van der Waals surface area contributed by atoms with Crippen LogP contribution in [-0.2, 0) is 0 Å². The molecule has 21 rings (SSSR count). The van der Waals surface area contributed by atoms with E-state index in [0.29, 0.717) is 0 Å². The van der Waals surface area contributed by atoms with Gasteiger partial charge in [-0.3, -0.25) is 0 Å². The molecule has 89 heavy (non-hydrogen) atoms. The zero-order chi connectivity index (χ0) is 57.7. The van der Waals surface area contributed by atoms with Gasteiger partial charge < -0.3 is 13.7 Å². The maximum atomic E-state index is 2.58. The van der Waals surface area contributed by atoms with E-state index in [9.17, 15) is 0 Å². The van der Waals surface area contributed by atoms with Crippen molar-refractivity contribution in [2.45, 2.75) is 0 Å². The molecule has 16 aromatic carbocycles. The predicted octanol–water partition coefficient (Wildman–Crippen LogP) is 24.3. The molecule has 0 atom stereocenters. The summed E-state index contributed by atoms with van der Waals surface area (Å²) >= 11 is 3.80. The maximum Gasteiger partial charge on any atom is 0.0640 e. The molecule has 0 fully saturated rings. The molecule has 0 bridgehead atoms. The molecular weight excluding hydrogens is 1120 g/mol. The van der Waals surface area contributed by atoms with Crippen LogP contribution >= 0.6 is 22.7 Å². The van der Waals surface area contributed by atoms with Gasteiger partial charge in [-0.1, -0.05) is 188 Å². The summed E-state index contributed by atoms with van der Waals surface area (Å²) in [6, 6.07) is 108. The van der Waals surface area contributed by atoms with Crippen LogP contribution in [-0.4, -0.2) is 13.7 Å². The molecule has 5 heteroatoms. The molecule has 0 amide bonds. The number of nitrogens with zero attached hydrogens (tertiary/aromatic N) is 3. The lowest BCUT2D eigenvalue weighted by molar-refractivity contribution is 1.19. The van der Waals surface area contributed by atoms with E-state index in [4.69, 9.17) is 0 Å². The topological polar surface area (TPSA) is 14.8 Å². The van der Waals surface area contributed by atoms with Gasteiger partial charge in [0.2, 0.25) is 0 Å². The second kappa shape index (κ2) is 17.8. The van der Waals surface area contributed by atoms with Crippen LogP contribution in [0, 0.1) is 0 Å². The Kier molecular flexibility index (Phi) is 9.60. The van der Waals surface area contributed by atoms with Crippen molar-refractivity contribution in [3.05, 3.63) is 285 Å². The van der Waals surface area contributed by atoms with Crippen molar-refractivity contribution in [2.24, 2.45) is 0 Å². The monoisotopic (exact) mass is 1160 g/mol. The Morgan fingerprint density at radius 3 is 1.06 bits per heavy atom. The fourth-order valence-electron chi connectivity index (χ4n) is 15.9. The van der Waals surface area contributed by atoms with E-state index in [0.717, 1.165) is 5.69 Å². The van der Waals surface area contributed by atoms with E-state index in [1.54, 1.807) is 0 Å². The van der Waals surface area contributed by atoms with Crippen molar-refractivity contribution in [3.8, 4) is 28.2 Å². The molecule has 3 nitrogen and oxygen atoms in total. The van der Waals surface area contributed by atoms with Gasteiger partial charge in [0.05, 0.1) is 43.5 Å². The molecule has 0 N–H and O–H groups in total. The molecule has 0 radical (unpaired) electrons. The number of rotatable bonds is 4. The second-order valence-electron chi connectivity index (χ2n) is 24.2. The first-order valence-corrected chi connectivity index (χ1v) is 32.3. The number of para-hydroxylation sites is 4. The number of benzene rings is 16. The minimum atomic E-state index is 1.15. The fourth-order valence-corrected chi connectivity index (χ4v) is 18.3. The number of hydrogen-bond donors (Lipinski definition) is 0. The molecular formula is C84H47N3S2. The third-order valence-electron chi connectivity index (χ3n) is 19.8. The summed E-state index contributed by atoms with van der Waals surface area (Å²) in [6.45, 7) is 0. The largest absolute Gasteiger partial charge is 0.309 e. The molecule has 21 aromatic rings. The van der Waals surface area contributed by atoms with Gasteiger partial charge in [-0.05, 0) is 173 Å². The van der Waals surface area contributed by atoms with Crippen molar-refractivity contribution in [3.63, 3.8) is 0 Å². The highest BCUT2D eigenvalue weighted by atomic mass is 32.1. The number of hydrogen-bond acceptors (Lipinski definition) is 2. The third-order valence-corrected chi connectivity index (χ3v) is 22.2. The van der Waals surface area contributed by atoms with Crippen LogP contribution in [0.5, 0.6) is 0 Å². The summed E-state index contributed by atoms with van der Waals surface area (Å²) < 4.78 is 12.7. The van der Waals surface area contributed by atoms with Gasteiger partial charge in [-0.15, -0.1) is 22.7 Å².